The van der Waals surface area contributed by atoms with Crippen molar-refractivity contribution in [2.75, 3.05) is 13.3 Å². The quantitative estimate of drug-likeness (QED) is 0.488. The van der Waals surface area contributed by atoms with Crippen LogP contribution in [0.3, 0.4) is 0 Å². The van der Waals surface area contributed by atoms with E-state index >= 15 is 0 Å². The van der Waals surface area contributed by atoms with Crippen LogP contribution >= 0.6 is 23.2 Å². The highest BCUT2D eigenvalue weighted by Crippen LogP contribution is 2.33. The van der Waals surface area contributed by atoms with Crippen molar-refractivity contribution in [2.45, 2.75) is 52.1 Å². The summed E-state index contributed by atoms with van der Waals surface area (Å²) < 4.78 is 10.8. The molecule has 0 fully saturated rings. The summed E-state index contributed by atoms with van der Waals surface area (Å²) in [5.41, 5.74) is 1.58. The molecule has 8 heteroatoms. The van der Waals surface area contributed by atoms with E-state index in [1.54, 1.807) is 30.0 Å². The van der Waals surface area contributed by atoms with E-state index in [1.165, 1.54) is 0 Å². The molecule has 32 heavy (non-hydrogen) atoms. The first-order valence-corrected chi connectivity index (χ1v) is 11.5. The molecule has 0 bridgehead atoms. The van der Waals surface area contributed by atoms with Gasteiger partial charge in [0, 0.05) is 35.1 Å². The van der Waals surface area contributed by atoms with Gasteiger partial charge in [-0.1, -0.05) is 48.7 Å². The van der Waals surface area contributed by atoms with Gasteiger partial charge in [0.05, 0.1) is 0 Å². The first-order chi connectivity index (χ1) is 15.4. The molecule has 1 atom stereocenters. The van der Waals surface area contributed by atoms with E-state index in [-0.39, 0.29) is 31.6 Å². The van der Waals surface area contributed by atoms with Gasteiger partial charge in [0.15, 0.2) is 11.5 Å². The lowest BCUT2D eigenvalue weighted by molar-refractivity contribution is -0.140. The van der Waals surface area contributed by atoms with Crippen LogP contribution in [-0.2, 0) is 22.6 Å². The average molecular weight is 479 g/mol. The van der Waals surface area contributed by atoms with Crippen molar-refractivity contribution in [1.29, 1.82) is 0 Å². The number of carbonyl (C=O) groups is 2. The number of carbonyl (C=O) groups excluding carboxylic acids is 2. The third-order valence-electron chi connectivity index (χ3n) is 5.45. The lowest BCUT2D eigenvalue weighted by Gasteiger charge is -2.29. The number of nitrogens with one attached hydrogen (secondary N) is 1. The van der Waals surface area contributed by atoms with Gasteiger partial charge in [0.1, 0.15) is 6.04 Å². The standard InChI is InChI=1S/C24H28Cl2N2O4/c1-3-4-12-27-24(30)16(2)28(14-18-19(25)6-5-7-20(18)26)23(29)11-9-17-8-10-21-22(13-17)32-15-31-21/h5-8,10,13,16H,3-4,9,11-12,14-15H2,1-2H3,(H,27,30)/t16-/m1/s1. The second-order valence-corrected chi connectivity index (χ2v) is 8.54. The third-order valence-corrected chi connectivity index (χ3v) is 6.16. The zero-order chi connectivity index (χ0) is 23.1. The number of nitrogens with zero attached hydrogens (tertiary/aromatic N) is 1. The maximum Gasteiger partial charge on any atom is 0.242 e. The molecular formula is C24H28Cl2N2O4. The van der Waals surface area contributed by atoms with Crippen molar-refractivity contribution < 1.29 is 19.1 Å². The molecule has 2 amide bonds. The van der Waals surface area contributed by atoms with Gasteiger partial charge >= 0.3 is 0 Å². The number of hydrogen-bond donors (Lipinski definition) is 1. The van der Waals surface area contributed by atoms with Crippen LogP contribution in [0.4, 0.5) is 0 Å². The Morgan fingerprint density at radius 3 is 2.56 bits per heavy atom. The lowest BCUT2D eigenvalue weighted by Crippen LogP contribution is -2.48. The van der Waals surface area contributed by atoms with Crippen molar-refractivity contribution in [3.05, 3.63) is 57.6 Å². The largest absolute Gasteiger partial charge is 0.454 e. The van der Waals surface area contributed by atoms with E-state index in [4.69, 9.17) is 32.7 Å². The van der Waals surface area contributed by atoms with Crippen molar-refractivity contribution in [3.63, 3.8) is 0 Å². The highest BCUT2D eigenvalue weighted by Gasteiger charge is 2.27. The molecule has 0 unspecified atom stereocenters. The van der Waals surface area contributed by atoms with Gasteiger partial charge in [-0.25, -0.2) is 0 Å². The van der Waals surface area contributed by atoms with Gasteiger partial charge in [0.2, 0.25) is 18.6 Å². The number of fused-ring (bicyclic) bond motifs is 1. The van der Waals surface area contributed by atoms with Gasteiger partial charge in [0.25, 0.3) is 0 Å². The number of ether oxygens (including phenoxy) is 2. The summed E-state index contributed by atoms with van der Waals surface area (Å²) in [6.07, 6.45) is 2.59. The minimum absolute atomic E-state index is 0.154. The Labute approximate surface area is 198 Å². The normalized spacial score (nSPS) is 13.0. The molecule has 0 saturated carbocycles. The van der Waals surface area contributed by atoms with Crippen LogP contribution in [0.5, 0.6) is 11.5 Å². The fourth-order valence-corrected chi connectivity index (χ4v) is 3.98. The Bertz CT molecular complexity index is 947. The minimum atomic E-state index is -0.663. The van der Waals surface area contributed by atoms with Gasteiger partial charge in [-0.2, -0.15) is 0 Å². The molecule has 0 aromatic heterocycles. The molecule has 1 heterocycles. The van der Waals surface area contributed by atoms with Gasteiger partial charge in [-0.3, -0.25) is 9.59 Å². The summed E-state index contributed by atoms with van der Waals surface area (Å²) in [7, 11) is 0. The molecular weight excluding hydrogens is 451 g/mol. The van der Waals surface area contributed by atoms with Crippen molar-refractivity contribution in [1.82, 2.24) is 10.2 Å². The maximum absolute atomic E-state index is 13.3. The molecule has 1 aliphatic rings. The Balaban J connectivity index is 1.74. The summed E-state index contributed by atoms with van der Waals surface area (Å²) in [4.78, 5) is 27.5. The van der Waals surface area contributed by atoms with Crippen LogP contribution in [0.15, 0.2) is 36.4 Å². The Morgan fingerprint density at radius 2 is 1.84 bits per heavy atom. The average Bonchev–Trinajstić information content (AvgIpc) is 3.25. The number of halogens is 2. The van der Waals surface area contributed by atoms with Crippen LogP contribution < -0.4 is 14.8 Å². The van der Waals surface area contributed by atoms with E-state index in [1.807, 2.05) is 18.2 Å². The molecule has 2 aromatic carbocycles. The summed E-state index contributed by atoms with van der Waals surface area (Å²) in [6, 6.07) is 10.2. The number of aryl methyl sites for hydroxylation is 1. The smallest absolute Gasteiger partial charge is 0.242 e. The third kappa shape index (κ3) is 6.08. The van der Waals surface area contributed by atoms with E-state index in [0.29, 0.717) is 40.1 Å². The summed E-state index contributed by atoms with van der Waals surface area (Å²) >= 11 is 12.7. The molecule has 0 aliphatic carbocycles. The van der Waals surface area contributed by atoms with Gasteiger partial charge in [-0.05, 0) is 49.6 Å². The topological polar surface area (TPSA) is 67.9 Å². The second-order valence-electron chi connectivity index (χ2n) is 7.73. The van der Waals surface area contributed by atoms with Gasteiger partial charge in [-0.15, -0.1) is 0 Å². The second kappa shape index (κ2) is 11.4. The lowest BCUT2D eigenvalue weighted by atomic mass is 10.1. The summed E-state index contributed by atoms with van der Waals surface area (Å²) in [5, 5.41) is 3.83. The predicted molar refractivity (Wildman–Crippen MR) is 125 cm³/mol. The molecule has 0 radical (unpaired) electrons. The Morgan fingerprint density at radius 1 is 1.12 bits per heavy atom. The number of amides is 2. The first-order valence-electron chi connectivity index (χ1n) is 10.8. The highest BCUT2D eigenvalue weighted by atomic mass is 35.5. The minimum Gasteiger partial charge on any atom is -0.454 e. The molecule has 3 rings (SSSR count). The molecule has 2 aromatic rings. The summed E-state index contributed by atoms with van der Waals surface area (Å²) in [6.45, 7) is 4.72. The van der Waals surface area contributed by atoms with Crippen LogP contribution in [0, 0.1) is 0 Å². The van der Waals surface area contributed by atoms with Crippen LogP contribution in [0.1, 0.15) is 44.2 Å². The van der Waals surface area contributed by atoms with Crippen LogP contribution in [0.25, 0.3) is 0 Å². The monoisotopic (exact) mass is 478 g/mol. The Hall–Kier alpha value is -2.44. The maximum atomic E-state index is 13.3. The fourth-order valence-electron chi connectivity index (χ4n) is 3.46. The van der Waals surface area contributed by atoms with Crippen molar-refractivity contribution in [2.24, 2.45) is 0 Å². The van der Waals surface area contributed by atoms with Crippen LogP contribution in [0.2, 0.25) is 10.0 Å². The summed E-state index contributed by atoms with van der Waals surface area (Å²) in [5.74, 6) is 1.03. The fraction of sp³-hybridized carbons (Fsp3) is 0.417. The molecule has 6 nitrogen and oxygen atoms in total. The SMILES string of the molecule is CCCCNC(=O)[C@@H](C)N(Cc1c(Cl)cccc1Cl)C(=O)CCc1ccc2c(c1)OCO2. The number of benzene rings is 2. The zero-order valence-corrected chi connectivity index (χ0v) is 19.8. The van der Waals surface area contributed by atoms with Gasteiger partial charge < -0.3 is 19.7 Å². The van der Waals surface area contributed by atoms with Crippen molar-refractivity contribution >= 4 is 35.0 Å². The number of unbranched alkanes of at least 4 members (excludes halogenated alkanes) is 1. The highest BCUT2D eigenvalue weighted by molar-refractivity contribution is 6.36. The number of rotatable bonds is 10. The molecule has 172 valence electrons. The van der Waals surface area contributed by atoms with E-state index in [2.05, 4.69) is 12.2 Å². The van der Waals surface area contributed by atoms with Crippen molar-refractivity contribution in [3.8, 4) is 11.5 Å². The zero-order valence-electron chi connectivity index (χ0n) is 18.3. The van der Waals surface area contributed by atoms with E-state index < -0.39 is 6.04 Å². The van der Waals surface area contributed by atoms with E-state index in [9.17, 15) is 9.59 Å². The molecule has 1 aliphatic heterocycles. The number of hydrogen-bond acceptors (Lipinski definition) is 4. The van der Waals surface area contributed by atoms with Crippen LogP contribution in [-0.4, -0.2) is 36.1 Å². The molecule has 0 saturated heterocycles. The predicted octanol–water partition coefficient (Wildman–Crippen LogP) is 4.99. The molecule has 0 spiro atoms. The Kier molecular flexibility index (Phi) is 8.65. The first kappa shape index (κ1) is 24.2. The van der Waals surface area contributed by atoms with E-state index in [0.717, 1.165) is 18.4 Å². The molecule has 1 N–H and O–H groups in total.